The number of carbonyl (C=O) groups is 9. The summed E-state index contributed by atoms with van der Waals surface area (Å²) in [7, 11) is -4.41. The van der Waals surface area contributed by atoms with Gasteiger partial charge in [0.25, 0.3) is 0 Å². The first-order chi connectivity index (χ1) is 38.3. The lowest BCUT2D eigenvalue weighted by Crippen LogP contribution is -2.41. The number of nitrogens with one attached hydrogen (secondary N) is 6. The number of aliphatic carboxylic acids is 6. The molecule has 6 atom stereocenters. The normalized spacial score (nSPS) is 12.0. The minimum atomic E-state index is -4.41. The Morgan fingerprint density at radius 2 is 0.841 bits per heavy atom. The number of anilines is 1. The summed E-state index contributed by atoms with van der Waals surface area (Å²) in [6.45, 7) is 6.90. The van der Waals surface area contributed by atoms with Crippen LogP contribution in [-0.2, 0) is 74.9 Å². The molecule has 0 spiro atoms. The largest absolute Gasteiger partial charge is 0.508 e. The fourth-order valence-corrected chi connectivity index (χ4v) is 7.22. The third kappa shape index (κ3) is 56.0. The Labute approximate surface area is 475 Å². The first kappa shape index (κ1) is 82.1. The monoisotopic (exact) mass is 1210 g/mol. The second-order valence-electron chi connectivity index (χ2n) is 16.6. The molecule has 2 aromatic rings. The van der Waals surface area contributed by atoms with E-state index < -0.39 is 67.5 Å². The van der Waals surface area contributed by atoms with Crippen molar-refractivity contribution in [2.75, 3.05) is 37.3 Å². The number of amides is 6. The summed E-state index contributed by atoms with van der Waals surface area (Å²) < 4.78 is 11.6. The SMILES string of the molecule is C[C@H](CCC(=O)O)NC(=O)NCCCS.C[C@H](CCC(=O)O)NC(=O)NCCc1ccc(N)cc1.C[C@H](CCC(=O)O)NC(=O)NCCc1ccc(O)cc1.NC(C(=O)O)P(=O)(O)CC(CCC(=O)O)C(=O)O.O=C=O.O=C=O.O=C=O. The smallest absolute Gasteiger partial charge is 0.373 e. The van der Waals surface area contributed by atoms with Crippen LogP contribution in [0.1, 0.15) is 89.7 Å². The summed E-state index contributed by atoms with van der Waals surface area (Å²) in [4.78, 5) is 155. The van der Waals surface area contributed by atoms with Crippen LogP contribution in [0.3, 0.4) is 0 Å². The van der Waals surface area contributed by atoms with E-state index in [1.54, 1.807) is 45.0 Å². The van der Waals surface area contributed by atoms with Gasteiger partial charge >= 0.3 is 72.4 Å². The number of aromatic hydroxyl groups is 1. The van der Waals surface area contributed by atoms with Crippen molar-refractivity contribution in [3.05, 3.63) is 59.7 Å². The molecule has 2 rings (SSSR count). The molecule has 0 aliphatic rings. The zero-order chi connectivity index (χ0) is 64.2. The number of hydrogen-bond acceptors (Lipinski definition) is 20. The molecule has 18 N–H and O–H groups in total. The Morgan fingerprint density at radius 3 is 1.13 bits per heavy atom. The van der Waals surface area contributed by atoms with Crippen molar-refractivity contribution in [2.45, 2.75) is 115 Å². The van der Waals surface area contributed by atoms with Crippen molar-refractivity contribution in [3.8, 4) is 5.75 Å². The number of carboxylic acids is 6. The van der Waals surface area contributed by atoms with Gasteiger partial charge in [-0.3, -0.25) is 28.5 Å². The van der Waals surface area contributed by atoms with E-state index >= 15 is 0 Å². The molecule has 3 unspecified atom stereocenters. The average molecular weight is 1210 g/mol. The molecule has 0 saturated carbocycles. The number of phenolic OH excluding ortho intramolecular Hbond substituents is 1. The zero-order valence-electron chi connectivity index (χ0n) is 45.0. The van der Waals surface area contributed by atoms with E-state index in [4.69, 9.17) is 76.0 Å². The van der Waals surface area contributed by atoms with Gasteiger partial charge in [-0.25, -0.2) is 19.2 Å². The van der Waals surface area contributed by atoms with E-state index in [2.05, 4.69) is 44.5 Å². The van der Waals surface area contributed by atoms with E-state index in [1.807, 2.05) is 24.3 Å². The van der Waals surface area contributed by atoms with Gasteiger partial charge < -0.3 is 84.0 Å². The Kier molecular flexibility index (Phi) is 51.8. The minimum absolute atomic E-state index is 0.0367. The molecule has 0 radical (unpaired) electrons. The van der Waals surface area contributed by atoms with Crippen molar-refractivity contribution in [3.63, 3.8) is 0 Å². The number of thiol groups is 1. The highest BCUT2D eigenvalue weighted by molar-refractivity contribution is 7.80. The molecule has 82 heavy (non-hydrogen) atoms. The van der Waals surface area contributed by atoms with Crippen LogP contribution in [0, 0.1) is 5.92 Å². The van der Waals surface area contributed by atoms with Gasteiger partial charge in [0.15, 0.2) is 5.78 Å². The summed E-state index contributed by atoms with van der Waals surface area (Å²) in [6.07, 6.45) is 2.62. The molecule has 34 heteroatoms. The fourth-order valence-electron chi connectivity index (χ4n) is 5.52. The van der Waals surface area contributed by atoms with Gasteiger partial charge in [0.05, 0.1) is 5.92 Å². The number of nitrogens with two attached hydrogens (primary N) is 2. The quantitative estimate of drug-likeness (QED) is 0.0235. The molecule has 0 aliphatic carbocycles. The fraction of sp³-hybridized carbons (Fsp3) is 0.500. The first-order valence-corrected chi connectivity index (χ1v) is 26.6. The van der Waals surface area contributed by atoms with Gasteiger partial charge in [-0.1, -0.05) is 24.3 Å². The molecule has 2 aromatic carbocycles. The maximum atomic E-state index is 11.6. The van der Waals surface area contributed by atoms with Gasteiger partial charge in [0.1, 0.15) is 5.75 Å². The summed E-state index contributed by atoms with van der Waals surface area (Å²) in [6, 6.07) is 13.0. The van der Waals surface area contributed by atoms with Gasteiger partial charge in [-0.15, -0.1) is 0 Å². The van der Waals surface area contributed by atoms with Gasteiger partial charge in [-0.2, -0.15) is 41.4 Å². The molecule has 0 fully saturated rings. The van der Waals surface area contributed by atoms with E-state index in [9.17, 15) is 52.6 Å². The van der Waals surface area contributed by atoms with Crippen LogP contribution >= 0.6 is 20.0 Å². The number of urea groups is 3. The third-order valence-corrected chi connectivity index (χ3v) is 12.0. The highest BCUT2D eigenvalue weighted by Gasteiger charge is 2.38. The average Bonchev–Trinajstić information content (AvgIpc) is 3.38. The number of benzene rings is 2. The van der Waals surface area contributed by atoms with Crippen LogP contribution in [0.5, 0.6) is 5.75 Å². The van der Waals surface area contributed by atoms with Crippen molar-refractivity contribution in [1.82, 2.24) is 31.9 Å². The molecule has 460 valence electrons. The van der Waals surface area contributed by atoms with Gasteiger partial charge in [-0.05, 0) is 107 Å². The standard InChI is InChI=1S/C14H21N3O3.C14H20N2O4.C9H18N2O3S.C8H14NO8P.3CO2/c1-10(2-7-13(18)19)17-14(20)16-9-8-11-3-5-12(15)6-4-11;1-10(2-7-13(18)19)16-14(20)15-9-8-11-3-5-12(17)6-4-11;1-7(3-4-8(12)13)11-9(14)10-5-2-6-15;9-6(8(14)15)18(16,17)3-4(7(12)13)1-2-5(10)11;3*2-1-3/h3-6,10H,2,7-9,15H2,1H3,(H,18,19)(H2,16,17,20);3-6,10,17H,2,7-9H2,1H3,(H,18,19)(H2,15,16,20);7,15H,2-6H2,1H3,(H,12,13)(H2,10,11,14);4,6H,1-3,9H2,(H,10,11)(H,12,13)(H,14,15)(H,16,17);;;/t2*10-;7-;;;;/m111..../s1. The molecule has 0 saturated heterocycles. The van der Waals surface area contributed by atoms with Gasteiger partial charge in [0.2, 0.25) is 7.37 Å². The molecule has 32 nitrogen and oxygen atoms in total. The molecule has 0 bridgehead atoms. The van der Waals surface area contributed by atoms with E-state index in [-0.39, 0.29) is 86.1 Å². The Hall–Kier alpha value is -8.69. The maximum Gasteiger partial charge on any atom is 0.373 e. The number of rotatable bonds is 29. The molecule has 0 aliphatic heterocycles. The number of phenols is 1. The summed E-state index contributed by atoms with van der Waals surface area (Å²) in [5, 5.41) is 76.4. The van der Waals surface area contributed by atoms with E-state index in [0.717, 1.165) is 29.7 Å². The van der Waals surface area contributed by atoms with Crippen molar-refractivity contribution in [1.29, 1.82) is 0 Å². The molecule has 6 amide bonds. The Balaban J connectivity index is -0.000000307. The van der Waals surface area contributed by atoms with E-state index in [1.165, 1.54) is 0 Å². The minimum Gasteiger partial charge on any atom is -0.508 e. The zero-order valence-corrected chi connectivity index (χ0v) is 46.8. The lowest BCUT2D eigenvalue weighted by atomic mass is 10.1. The summed E-state index contributed by atoms with van der Waals surface area (Å²) >= 11 is 4.01. The molecule has 0 heterocycles. The van der Waals surface area contributed by atoms with Crippen molar-refractivity contribution < 1.29 is 117 Å². The predicted octanol–water partition coefficient (Wildman–Crippen LogP) is 1.15. The number of hydrogen-bond donors (Lipinski definition) is 17. The highest BCUT2D eigenvalue weighted by atomic mass is 32.1. The summed E-state index contributed by atoms with van der Waals surface area (Å²) in [5.41, 5.74) is 13.4. The molecule has 0 aromatic heterocycles. The highest BCUT2D eigenvalue weighted by Crippen LogP contribution is 2.46. The van der Waals surface area contributed by atoms with Crippen LogP contribution in [0.4, 0.5) is 20.1 Å². The maximum absolute atomic E-state index is 11.6. The van der Waals surface area contributed by atoms with E-state index in [0.29, 0.717) is 51.0 Å². The van der Waals surface area contributed by atoms with Crippen LogP contribution in [-0.4, -0.2) is 168 Å². The molecular weight excluding hydrogens is 1140 g/mol. The number of carboxylic acid groups (broad SMARTS) is 6. The van der Waals surface area contributed by atoms with Crippen molar-refractivity contribution in [2.24, 2.45) is 11.7 Å². The summed E-state index contributed by atoms with van der Waals surface area (Å²) in [5.74, 6) is -9.58. The number of nitrogen functional groups attached to an aromatic ring is 1. The lowest BCUT2D eigenvalue weighted by Gasteiger charge is -2.19. The predicted molar refractivity (Wildman–Crippen MR) is 287 cm³/mol. The first-order valence-electron chi connectivity index (χ1n) is 24.1. The van der Waals surface area contributed by atoms with Crippen molar-refractivity contribution >= 4 is 98.0 Å². The van der Waals surface area contributed by atoms with Crippen LogP contribution < -0.4 is 43.4 Å². The second-order valence-corrected chi connectivity index (χ2v) is 19.5. The van der Waals surface area contributed by atoms with Gasteiger partial charge in [0, 0.05) is 75.3 Å². The topological polar surface area (TPSA) is 559 Å². The Morgan fingerprint density at radius 1 is 0.537 bits per heavy atom. The second kappa shape index (κ2) is 51.7. The Bertz CT molecular complexity index is 2250. The van der Waals surface area contributed by atoms with Crippen LogP contribution in [0.25, 0.3) is 0 Å². The lowest BCUT2D eigenvalue weighted by molar-refractivity contribution is -0.193. The number of carbonyl (C=O) groups excluding carboxylic acids is 9. The van der Waals surface area contributed by atoms with Crippen LogP contribution in [0.15, 0.2) is 48.5 Å². The third-order valence-electron chi connectivity index (χ3n) is 9.67. The molecular formula is C48H73N8O24PS. The van der Waals surface area contributed by atoms with Crippen LogP contribution in [0.2, 0.25) is 0 Å².